The van der Waals surface area contributed by atoms with Crippen LogP contribution < -0.4 is 0 Å². The monoisotopic (exact) mass is 923 g/mol. The molecule has 0 bridgehead atoms. The Kier molecular flexibility index (Phi) is 50.1. The topological polar surface area (TPSA) is 78.9 Å². The molecule has 0 aromatic rings. The van der Waals surface area contributed by atoms with Crippen molar-refractivity contribution in [2.45, 2.75) is 207 Å². The van der Waals surface area contributed by atoms with Gasteiger partial charge in [-0.2, -0.15) is 0 Å². The van der Waals surface area contributed by atoms with E-state index in [1.165, 1.54) is 0 Å². The maximum absolute atomic E-state index is 12.8. The number of unbranched alkanes of at least 4 members (excludes halogenated alkanes) is 10. The molecule has 0 aromatic carbocycles. The average molecular weight is 923 g/mol. The van der Waals surface area contributed by atoms with Crippen LogP contribution in [0.4, 0.5) is 0 Å². The second kappa shape index (κ2) is 53.9. The Bertz CT molecular complexity index is 1530. The molecule has 0 radical (unpaired) electrons. The van der Waals surface area contributed by atoms with E-state index < -0.39 is 6.10 Å². The van der Waals surface area contributed by atoms with E-state index in [4.69, 9.17) is 14.2 Å². The molecule has 0 fully saturated rings. The van der Waals surface area contributed by atoms with Gasteiger partial charge in [0, 0.05) is 19.3 Å². The van der Waals surface area contributed by atoms with Crippen molar-refractivity contribution in [3.8, 4) is 0 Å². The highest BCUT2D eigenvalue weighted by Crippen LogP contribution is 2.12. The van der Waals surface area contributed by atoms with Gasteiger partial charge >= 0.3 is 17.9 Å². The van der Waals surface area contributed by atoms with Crippen molar-refractivity contribution in [1.82, 2.24) is 0 Å². The molecule has 6 nitrogen and oxygen atoms in total. The highest BCUT2D eigenvalue weighted by atomic mass is 16.6. The van der Waals surface area contributed by atoms with Gasteiger partial charge in [-0.05, 0) is 135 Å². The molecule has 0 heterocycles. The van der Waals surface area contributed by atoms with Gasteiger partial charge in [-0.25, -0.2) is 0 Å². The lowest BCUT2D eigenvalue weighted by Gasteiger charge is -2.18. The number of hydrogen-bond acceptors (Lipinski definition) is 6. The Labute approximate surface area is 410 Å². The van der Waals surface area contributed by atoms with Crippen LogP contribution in [-0.2, 0) is 28.6 Å². The van der Waals surface area contributed by atoms with Crippen molar-refractivity contribution in [3.63, 3.8) is 0 Å². The van der Waals surface area contributed by atoms with Gasteiger partial charge in [0.1, 0.15) is 13.2 Å². The predicted molar refractivity (Wildman–Crippen MR) is 288 cm³/mol. The number of rotatable bonds is 45. The van der Waals surface area contributed by atoms with Gasteiger partial charge in [-0.15, -0.1) is 0 Å². The Hall–Kier alpha value is -4.71. The fourth-order valence-electron chi connectivity index (χ4n) is 6.47. The Morgan fingerprint density at radius 3 is 0.881 bits per heavy atom. The maximum Gasteiger partial charge on any atom is 0.306 e. The summed E-state index contributed by atoms with van der Waals surface area (Å²) >= 11 is 0. The molecule has 0 aliphatic rings. The van der Waals surface area contributed by atoms with E-state index in [0.29, 0.717) is 19.3 Å². The number of allylic oxidation sites excluding steroid dienone is 24. The van der Waals surface area contributed by atoms with Gasteiger partial charge in [-0.1, -0.05) is 192 Å². The number of hydrogen-bond donors (Lipinski definition) is 0. The summed E-state index contributed by atoms with van der Waals surface area (Å²) in [6.45, 7) is 6.19. The molecule has 1 atom stereocenters. The van der Waals surface area contributed by atoms with Gasteiger partial charge in [0.05, 0.1) is 0 Å². The highest BCUT2D eigenvalue weighted by molar-refractivity contribution is 5.71. The Balaban J connectivity index is 4.53. The van der Waals surface area contributed by atoms with Crippen molar-refractivity contribution < 1.29 is 28.6 Å². The second-order valence-electron chi connectivity index (χ2n) is 16.6. The summed E-state index contributed by atoms with van der Waals surface area (Å²) < 4.78 is 16.7. The second-order valence-corrected chi connectivity index (χ2v) is 16.6. The Morgan fingerprint density at radius 2 is 0.537 bits per heavy atom. The first kappa shape index (κ1) is 62.3. The van der Waals surface area contributed by atoms with Crippen LogP contribution in [0.3, 0.4) is 0 Å². The molecule has 0 spiro atoms. The van der Waals surface area contributed by atoms with Crippen LogP contribution in [-0.4, -0.2) is 37.2 Å². The lowest BCUT2D eigenvalue weighted by molar-refractivity contribution is -0.167. The first-order chi connectivity index (χ1) is 33.0. The zero-order valence-corrected chi connectivity index (χ0v) is 42.6. The lowest BCUT2D eigenvalue weighted by atomic mass is 10.1. The maximum atomic E-state index is 12.8. The number of ether oxygens (including phenoxy) is 3. The van der Waals surface area contributed by atoms with E-state index in [1.807, 2.05) is 0 Å². The van der Waals surface area contributed by atoms with Crippen LogP contribution >= 0.6 is 0 Å². The summed E-state index contributed by atoms with van der Waals surface area (Å²) in [6.07, 6.45) is 76.9. The minimum atomic E-state index is -0.826. The van der Waals surface area contributed by atoms with E-state index in [9.17, 15) is 14.4 Å². The molecule has 6 heteroatoms. The molecule has 0 aliphatic heterocycles. The standard InChI is InChI=1S/C61H94O6/c1-4-7-10-13-16-19-22-25-27-28-29-30-31-32-34-36-39-42-45-48-51-54-60(63)66-57-58(56-65-59(62)53-50-47-44-41-38-35-24-21-18-15-12-9-6-3)67-61(64)55-52-49-46-43-40-37-33-26-23-20-17-14-11-8-5-2/h7-12,16-21,25-27,29-30,32-35,38,40,43,58H,4-6,13-15,22-24,28,31,36-37,39,41-42,44-57H2,1-3H3/b10-7-,11-8-,12-9-,19-16-,20-17-,21-18-,27-25-,30-29-,33-26-,34-32-,38-35-,43-40-. The fourth-order valence-corrected chi connectivity index (χ4v) is 6.47. The Morgan fingerprint density at radius 1 is 0.299 bits per heavy atom. The van der Waals surface area contributed by atoms with Gasteiger partial charge in [0.15, 0.2) is 6.10 Å². The van der Waals surface area contributed by atoms with Crippen molar-refractivity contribution in [2.75, 3.05) is 13.2 Å². The van der Waals surface area contributed by atoms with Crippen LogP contribution in [0.25, 0.3) is 0 Å². The molecule has 0 rings (SSSR count). The SMILES string of the molecule is CC/C=C\C/C=C\C/C=C\C/C=C\C/C=C\CCCCCCCC(=O)OCC(COC(=O)CCCCC/C=C\C/C=C\C/C=C\CC)OC(=O)CCCC/C=C\C/C=C\C/C=C\C/C=C\CC. The first-order valence-corrected chi connectivity index (χ1v) is 26.3. The van der Waals surface area contributed by atoms with Crippen molar-refractivity contribution in [3.05, 3.63) is 146 Å². The molecular weight excluding hydrogens is 829 g/mol. The zero-order valence-electron chi connectivity index (χ0n) is 42.6. The molecule has 0 N–H and O–H groups in total. The van der Waals surface area contributed by atoms with Crippen molar-refractivity contribution >= 4 is 17.9 Å². The third-order valence-corrected chi connectivity index (χ3v) is 10.3. The van der Waals surface area contributed by atoms with Crippen molar-refractivity contribution in [1.29, 1.82) is 0 Å². The molecule has 0 amide bonds. The van der Waals surface area contributed by atoms with Gasteiger partial charge in [0.25, 0.3) is 0 Å². The van der Waals surface area contributed by atoms with E-state index >= 15 is 0 Å². The quantitative estimate of drug-likeness (QED) is 0.0262. The third kappa shape index (κ3) is 52.1. The van der Waals surface area contributed by atoms with Crippen LogP contribution in [0.1, 0.15) is 201 Å². The smallest absolute Gasteiger partial charge is 0.306 e. The normalized spacial score (nSPS) is 13.3. The summed E-state index contributed by atoms with van der Waals surface area (Å²) in [7, 11) is 0. The summed E-state index contributed by atoms with van der Waals surface area (Å²) in [4.78, 5) is 38.0. The fraction of sp³-hybridized carbons (Fsp3) is 0.557. The summed E-state index contributed by atoms with van der Waals surface area (Å²) in [5.74, 6) is -1.02. The molecule has 67 heavy (non-hydrogen) atoms. The molecule has 374 valence electrons. The van der Waals surface area contributed by atoms with Gasteiger partial charge < -0.3 is 14.2 Å². The third-order valence-electron chi connectivity index (χ3n) is 10.3. The van der Waals surface area contributed by atoms with Crippen molar-refractivity contribution in [2.24, 2.45) is 0 Å². The molecule has 0 aliphatic carbocycles. The number of carbonyl (C=O) groups is 3. The first-order valence-electron chi connectivity index (χ1n) is 26.3. The molecule has 0 saturated carbocycles. The van der Waals surface area contributed by atoms with E-state index in [2.05, 4.69) is 167 Å². The van der Waals surface area contributed by atoms with E-state index in [-0.39, 0.29) is 37.5 Å². The molecule has 1 unspecified atom stereocenters. The van der Waals surface area contributed by atoms with Gasteiger partial charge in [0.2, 0.25) is 0 Å². The predicted octanol–water partition coefficient (Wildman–Crippen LogP) is 17.6. The number of esters is 3. The zero-order chi connectivity index (χ0) is 48.6. The van der Waals surface area contributed by atoms with E-state index in [1.54, 1.807) is 0 Å². The summed E-state index contributed by atoms with van der Waals surface area (Å²) in [5, 5.41) is 0. The summed E-state index contributed by atoms with van der Waals surface area (Å²) in [5.41, 5.74) is 0. The van der Waals surface area contributed by atoms with E-state index in [0.717, 1.165) is 154 Å². The molecule has 0 saturated heterocycles. The highest BCUT2D eigenvalue weighted by Gasteiger charge is 2.19. The minimum absolute atomic E-state index is 0.121. The van der Waals surface area contributed by atoms with Crippen LogP contribution in [0.2, 0.25) is 0 Å². The van der Waals surface area contributed by atoms with Gasteiger partial charge in [-0.3, -0.25) is 14.4 Å². The average Bonchev–Trinajstić information content (AvgIpc) is 3.33. The van der Waals surface area contributed by atoms with Crippen LogP contribution in [0.15, 0.2) is 146 Å². The largest absolute Gasteiger partial charge is 0.462 e. The minimum Gasteiger partial charge on any atom is -0.462 e. The number of carbonyl (C=O) groups excluding carboxylic acids is 3. The van der Waals surface area contributed by atoms with Crippen LogP contribution in [0.5, 0.6) is 0 Å². The summed E-state index contributed by atoms with van der Waals surface area (Å²) in [6, 6.07) is 0. The lowest BCUT2D eigenvalue weighted by Crippen LogP contribution is -2.30. The molecule has 0 aromatic heterocycles. The molecular formula is C61H94O6. The van der Waals surface area contributed by atoms with Crippen LogP contribution in [0, 0.1) is 0 Å².